The molecule has 110 valence electrons. The maximum atomic E-state index is 12.2. The van der Waals surface area contributed by atoms with Crippen molar-refractivity contribution in [3.8, 4) is 17.0 Å². The molecule has 8 heteroatoms. The van der Waals surface area contributed by atoms with Crippen LogP contribution in [0.25, 0.3) is 11.3 Å². The van der Waals surface area contributed by atoms with Gasteiger partial charge in [-0.1, -0.05) is 23.7 Å². The molecule has 0 saturated carbocycles. The minimum absolute atomic E-state index is 0.0594. The molecule has 0 aliphatic heterocycles. The van der Waals surface area contributed by atoms with E-state index in [9.17, 15) is 18.0 Å². The Balaban J connectivity index is 2.45. The molecule has 1 heterocycles. The summed E-state index contributed by atoms with van der Waals surface area (Å²) in [6, 6.07) is 7.47. The van der Waals surface area contributed by atoms with E-state index < -0.39 is 18.1 Å². The molecule has 0 aliphatic carbocycles. The molecule has 21 heavy (non-hydrogen) atoms. The van der Waals surface area contributed by atoms with Gasteiger partial charge in [0.25, 0.3) is 0 Å². The van der Waals surface area contributed by atoms with E-state index in [4.69, 9.17) is 16.7 Å². The second-order valence-electron chi connectivity index (χ2n) is 3.91. The topological polar surface area (TPSA) is 59.4 Å². The normalized spacial score (nSPS) is 11.2. The van der Waals surface area contributed by atoms with Crippen LogP contribution in [0.5, 0.6) is 5.75 Å². The SMILES string of the molecule is O=C(O)c1ccc(Cl)c(-c2cccc(OC(F)(F)F)c2)n1. The Hall–Kier alpha value is -2.28. The highest BCUT2D eigenvalue weighted by atomic mass is 35.5. The van der Waals surface area contributed by atoms with Gasteiger partial charge >= 0.3 is 12.3 Å². The zero-order valence-electron chi connectivity index (χ0n) is 10.2. The van der Waals surface area contributed by atoms with Crippen molar-refractivity contribution in [1.82, 2.24) is 4.98 Å². The van der Waals surface area contributed by atoms with Crippen LogP contribution in [0.3, 0.4) is 0 Å². The third-order valence-electron chi connectivity index (χ3n) is 2.41. The molecule has 0 amide bonds. The van der Waals surface area contributed by atoms with Crippen LogP contribution in [0.4, 0.5) is 13.2 Å². The van der Waals surface area contributed by atoms with Gasteiger partial charge in [-0.3, -0.25) is 0 Å². The van der Waals surface area contributed by atoms with Crippen LogP contribution in [-0.4, -0.2) is 22.4 Å². The van der Waals surface area contributed by atoms with Crippen molar-refractivity contribution in [3.05, 3.63) is 47.1 Å². The maximum Gasteiger partial charge on any atom is 0.573 e. The van der Waals surface area contributed by atoms with Crippen molar-refractivity contribution in [2.75, 3.05) is 0 Å². The van der Waals surface area contributed by atoms with Crippen LogP contribution in [-0.2, 0) is 0 Å². The predicted octanol–water partition coefficient (Wildman–Crippen LogP) is 4.00. The molecule has 0 bridgehead atoms. The number of alkyl halides is 3. The van der Waals surface area contributed by atoms with Gasteiger partial charge in [0, 0.05) is 5.56 Å². The third kappa shape index (κ3) is 3.85. The lowest BCUT2D eigenvalue weighted by Gasteiger charge is -2.10. The smallest absolute Gasteiger partial charge is 0.477 e. The van der Waals surface area contributed by atoms with E-state index in [0.717, 1.165) is 12.1 Å². The van der Waals surface area contributed by atoms with E-state index in [2.05, 4.69) is 9.72 Å². The fourth-order valence-corrected chi connectivity index (χ4v) is 1.82. The molecule has 1 N–H and O–H groups in total. The predicted molar refractivity (Wildman–Crippen MR) is 68.3 cm³/mol. The van der Waals surface area contributed by atoms with Crippen LogP contribution in [0, 0.1) is 0 Å². The van der Waals surface area contributed by atoms with Gasteiger partial charge in [-0.15, -0.1) is 13.2 Å². The van der Waals surface area contributed by atoms with Crippen molar-refractivity contribution in [2.45, 2.75) is 6.36 Å². The maximum absolute atomic E-state index is 12.2. The summed E-state index contributed by atoms with van der Waals surface area (Å²) in [4.78, 5) is 14.7. The first-order chi connectivity index (χ1) is 9.76. The van der Waals surface area contributed by atoms with E-state index in [0.29, 0.717) is 0 Å². The summed E-state index contributed by atoms with van der Waals surface area (Å²) in [6.45, 7) is 0. The lowest BCUT2D eigenvalue weighted by atomic mass is 10.1. The standard InChI is InChI=1S/C13H7ClF3NO3/c14-9-4-5-10(12(19)20)18-11(9)7-2-1-3-8(6-7)21-13(15,16)17/h1-6H,(H,19,20). The average molecular weight is 318 g/mol. The molecule has 0 atom stereocenters. The number of rotatable bonds is 3. The van der Waals surface area contributed by atoms with Crippen LogP contribution in [0.2, 0.25) is 5.02 Å². The molecule has 0 spiro atoms. The van der Waals surface area contributed by atoms with E-state index in [1.165, 1.54) is 24.3 Å². The number of hydrogen-bond donors (Lipinski definition) is 1. The molecule has 2 aromatic rings. The number of nitrogens with zero attached hydrogens (tertiary/aromatic N) is 1. The van der Waals surface area contributed by atoms with E-state index in [1.807, 2.05) is 0 Å². The number of aromatic nitrogens is 1. The largest absolute Gasteiger partial charge is 0.573 e. The van der Waals surface area contributed by atoms with Crippen LogP contribution < -0.4 is 4.74 Å². The molecule has 4 nitrogen and oxygen atoms in total. The average Bonchev–Trinajstić information content (AvgIpc) is 2.37. The van der Waals surface area contributed by atoms with Crippen molar-refractivity contribution in [2.24, 2.45) is 0 Å². The number of benzene rings is 1. The van der Waals surface area contributed by atoms with E-state index in [-0.39, 0.29) is 22.0 Å². The second-order valence-corrected chi connectivity index (χ2v) is 4.31. The quantitative estimate of drug-likeness (QED) is 0.929. The fourth-order valence-electron chi connectivity index (χ4n) is 1.60. The summed E-state index contributed by atoms with van der Waals surface area (Å²) in [5.74, 6) is -1.71. The molecular formula is C13H7ClF3NO3. The number of halogens is 4. The van der Waals surface area contributed by atoms with Crippen LogP contribution in [0.15, 0.2) is 36.4 Å². The Morgan fingerprint density at radius 2 is 1.95 bits per heavy atom. The van der Waals surface area contributed by atoms with Crippen molar-refractivity contribution in [3.63, 3.8) is 0 Å². The number of carboxylic acids is 1. The summed E-state index contributed by atoms with van der Waals surface area (Å²) in [7, 11) is 0. The number of pyridine rings is 1. The van der Waals surface area contributed by atoms with E-state index in [1.54, 1.807) is 0 Å². The Labute approximate surface area is 121 Å². The first-order valence-electron chi connectivity index (χ1n) is 5.52. The summed E-state index contributed by atoms with van der Waals surface area (Å²) in [5.41, 5.74) is 0.00517. The van der Waals surface area contributed by atoms with Crippen LogP contribution >= 0.6 is 11.6 Å². The van der Waals surface area contributed by atoms with Gasteiger partial charge in [0.2, 0.25) is 0 Å². The molecule has 0 saturated heterocycles. The first kappa shape index (κ1) is 15.1. The first-order valence-corrected chi connectivity index (χ1v) is 5.90. The number of hydrogen-bond acceptors (Lipinski definition) is 3. The summed E-state index contributed by atoms with van der Waals surface area (Å²) in [5, 5.41) is 8.99. The van der Waals surface area contributed by atoms with Gasteiger partial charge in [-0.25, -0.2) is 9.78 Å². The lowest BCUT2D eigenvalue weighted by molar-refractivity contribution is -0.274. The zero-order valence-corrected chi connectivity index (χ0v) is 10.9. The monoisotopic (exact) mass is 317 g/mol. The van der Waals surface area contributed by atoms with Gasteiger partial charge in [0.1, 0.15) is 11.4 Å². The fraction of sp³-hybridized carbons (Fsp3) is 0.0769. The molecule has 0 aliphatic rings. The van der Waals surface area contributed by atoms with Crippen LogP contribution in [0.1, 0.15) is 10.5 Å². The highest BCUT2D eigenvalue weighted by Crippen LogP contribution is 2.30. The molecule has 0 radical (unpaired) electrons. The second kappa shape index (κ2) is 5.61. The Kier molecular flexibility index (Phi) is 4.04. The molecule has 0 unspecified atom stereocenters. The van der Waals surface area contributed by atoms with Gasteiger partial charge < -0.3 is 9.84 Å². The number of aromatic carboxylic acids is 1. The highest BCUT2D eigenvalue weighted by molar-refractivity contribution is 6.33. The summed E-state index contributed by atoms with van der Waals surface area (Å²) in [6.07, 6.45) is -4.82. The highest BCUT2D eigenvalue weighted by Gasteiger charge is 2.31. The van der Waals surface area contributed by atoms with Gasteiger partial charge in [-0.2, -0.15) is 0 Å². The molecule has 1 aromatic carbocycles. The lowest BCUT2D eigenvalue weighted by Crippen LogP contribution is -2.17. The van der Waals surface area contributed by atoms with E-state index >= 15 is 0 Å². The van der Waals surface area contributed by atoms with Gasteiger partial charge in [0.05, 0.1) is 10.7 Å². The van der Waals surface area contributed by atoms with Crippen molar-refractivity contribution < 1.29 is 27.8 Å². The minimum Gasteiger partial charge on any atom is -0.477 e. The molecule has 0 fully saturated rings. The Bertz CT molecular complexity index is 689. The molecule has 2 rings (SSSR count). The van der Waals surface area contributed by atoms with Crippen molar-refractivity contribution in [1.29, 1.82) is 0 Å². The minimum atomic E-state index is -4.82. The zero-order chi connectivity index (χ0) is 15.6. The molecule has 1 aromatic heterocycles. The van der Waals surface area contributed by atoms with Crippen molar-refractivity contribution >= 4 is 17.6 Å². The Morgan fingerprint density at radius 1 is 1.24 bits per heavy atom. The molecular weight excluding hydrogens is 311 g/mol. The Morgan fingerprint density at radius 3 is 2.57 bits per heavy atom. The summed E-state index contributed by atoms with van der Waals surface area (Å²) < 4.78 is 40.3. The number of carboxylic acid groups (broad SMARTS) is 1. The van der Waals surface area contributed by atoms with Gasteiger partial charge in [-0.05, 0) is 24.3 Å². The number of carbonyl (C=O) groups is 1. The third-order valence-corrected chi connectivity index (χ3v) is 2.71. The van der Waals surface area contributed by atoms with Gasteiger partial charge in [0.15, 0.2) is 0 Å². The number of ether oxygens (including phenoxy) is 1. The summed E-state index contributed by atoms with van der Waals surface area (Å²) >= 11 is 5.90.